The van der Waals surface area contributed by atoms with Crippen LogP contribution in [0.5, 0.6) is 0 Å². The van der Waals surface area contributed by atoms with Crippen molar-refractivity contribution in [1.82, 2.24) is 30.2 Å². The number of benzene rings is 2. The fourth-order valence-corrected chi connectivity index (χ4v) is 5.23. The monoisotopic (exact) mass is 622 g/mol. The van der Waals surface area contributed by atoms with Crippen LogP contribution in [0, 0.1) is 18.6 Å². The summed E-state index contributed by atoms with van der Waals surface area (Å²) >= 11 is 3.55. The van der Waals surface area contributed by atoms with Crippen molar-refractivity contribution in [2.75, 3.05) is 19.6 Å². The lowest BCUT2D eigenvalue weighted by Gasteiger charge is -2.32. The van der Waals surface area contributed by atoms with Crippen molar-refractivity contribution in [2.24, 2.45) is 0 Å². The summed E-state index contributed by atoms with van der Waals surface area (Å²) in [5.74, 6) is -1.44. The summed E-state index contributed by atoms with van der Waals surface area (Å²) in [5.41, 5.74) is 3.76. The molecule has 1 N–H and O–H groups in total. The van der Waals surface area contributed by atoms with Gasteiger partial charge in [0.15, 0.2) is 0 Å². The third-order valence-electron chi connectivity index (χ3n) is 7.22. The molecule has 1 aliphatic rings. The van der Waals surface area contributed by atoms with Crippen LogP contribution in [0.15, 0.2) is 65.4 Å². The van der Waals surface area contributed by atoms with Crippen LogP contribution in [0.25, 0.3) is 11.3 Å². The van der Waals surface area contributed by atoms with E-state index in [1.54, 1.807) is 16.9 Å². The number of carbonyl (C=O) groups excluding carboxylic acids is 2. The number of piperidine rings is 1. The molecule has 2 amide bonds. The first-order valence-electron chi connectivity index (χ1n) is 13.4. The van der Waals surface area contributed by atoms with Gasteiger partial charge in [0.1, 0.15) is 23.0 Å². The van der Waals surface area contributed by atoms with E-state index >= 15 is 0 Å². The number of hydrogen-bond donors (Lipinski definition) is 1. The summed E-state index contributed by atoms with van der Waals surface area (Å²) in [6.45, 7) is 4.16. The normalized spacial score (nSPS) is 13.8. The van der Waals surface area contributed by atoms with Gasteiger partial charge in [0.05, 0.1) is 6.20 Å². The Kier molecular flexibility index (Phi) is 8.82. The highest BCUT2D eigenvalue weighted by Gasteiger charge is 2.25. The Balaban J connectivity index is 1.10. The van der Waals surface area contributed by atoms with Gasteiger partial charge in [-0.1, -0.05) is 33.3 Å². The Bertz CT molecular complexity index is 1550. The molecule has 0 atom stereocenters. The van der Waals surface area contributed by atoms with E-state index in [0.29, 0.717) is 55.3 Å². The maximum absolute atomic E-state index is 13.5. The molecule has 0 aliphatic carbocycles. The van der Waals surface area contributed by atoms with E-state index in [1.165, 1.54) is 35.5 Å². The van der Waals surface area contributed by atoms with Gasteiger partial charge in [0, 0.05) is 54.0 Å². The van der Waals surface area contributed by atoms with Crippen LogP contribution in [-0.2, 0) is 6.54 Å². The number of aryl methyl sites for hydroxylation is 2. The van der Waals surface area contributed by atoms with Crippen molar-refractivity contribution in [3.8, 4) is 11.3 Å². The first kappa shape index (κ1) is 28.5. The van der Waals surface area contributed by atoms with Crippen LogP contribution in [-0.4, -0.2) is 56.3 Å². The van der Waals surface area contributed by atoms with Crippen molar-refractivity contribution in [3.63, 3.8) is 0 Å². The van der Waals surface area contributed by atoms with Gasteiger partial charge >= 0.3 is 0 Å². The molecule has 0 radical (unpaired) electrons. The molecule has 1 saturated heterocycles. The molecule has 212 valence electrons. The minimum atomic E-state index is -0.687. The SMILES string of the molecule is Cc1cc(C2CCN(C(=O)c3ccnc(C(=O)NCCCn4cc(-c5cc(F)cc(F)c5)nn4)c3)CC2)ccc1Br. The molecule has 1 aliphatic heterocycles. The summed E-state index contributed by atoms with van der Waals surface area (Å²) < 4.78 is 29.6. The summed E-state index contributed by atoms with van der Waals surface area (Å²) in [6.07, 6.45) is 5.38. The highest BCUT2D eigenvalue weighted by molar-refractivity contribution is 9.10. The Morgan fingerprint density at radius 3 is 2.54 bits per heavy atom. The van der Waals surface area contributed by atoms with Gasteiger partial charge in [-0.15, -0.1) is 5.10 Å². The summed E-state index contributed by atoms with van der Waals surface area (Å²) in [4.78, 5) is 31.9. The molecule has 0 bridgehead atoms. The number of nitrogens with zero attached hydrogens (tertiary/aromatic N) is 5. The molecular weight excluding hydrogens is 594 g/mol. The second-order valence-electron chi connectivity index (χ2n) is 10.1. The van der Waals surface area contributed by atoms with E-state index in [2.05, 4.69) is 61.7 Å². The Morgan fingerprint density at radius 1 is 1.05 bits per heavy atom. The van der Waals surface area contributed by atoms with Gasteiger partial charge in [-0.3, -0.25) is 19.3 Å². The first-order chi connectivity index (χ1) is 19.8. The summed E-state index contributed by atoms with van der Waals surface area (Å²) in [7, 11) is 0. The van der Waals surface area contributed by atoms with Crippen LogP contribution in [0.4, 0.5) is 8.78 Å². The lowest BCUT2D eigenvalue weighted by Crippen LogP contribution is -2.38. The molecule has 0 spiro atoms. The van der Waals surface area contributed by atoms with E-state index in [1.807, 2.05) is 4.90 Å². The van der Waals surface area contributed by atoms with Gasteiger partial charge < -0.3 is 10.2 Å². The van der Waals surface area contributed by atoms with Gasteiger partial charge in [-0.25, -0.2) is 8.78 Å². The van der Waals surface area contributed by atoms with E-state index in [9.17, 15) is 18.4 Å². The van der Waals surface area contributed by atoms with Crippen LogP contribution in [0.2, 0.25) is 0 Å². The number of nitrogens with one attached hydrogen (secondary N) is 1. The molecule has 11 heteroatoms. The minimum absolute atomic E-state index is 0.105. The fourth-order valence-electron chi connectivity index (χ4n) is 4.98. The number of amides is 2. The molecule has 0 unspecified atom stereocenters. The smallest absolute Gasteiger partial charge is 0.269 e. The Labute approximate surface area is 244 Å². The molecule has 2 aromatic carbocycles. The Hall–Kier alpha value is -3.99. The standard InChI is InChI=1S/C30H29BrF2N6O2/c1-19-13-21(3-4-26(19)31)20-6-11-38(12-7-20)30(41)22-5-9-34-27(16-22)29(40)35-8-2-10-39-18-28(36-37-39)23-14-24(32)17-25(33)15-23/h3-5,9,13-18,20H,2,6-8,10-12H2,1H3,(H,35,40). The highest BCUT2D eigenvalue weighted by Crippen LogP contribution is 2.31. The van der Waals surface area contributed by atoms with E-state index in [-0.39, 0.29) is 17.5 Å². The highest BCUT2D eigenvalue weighted by atomic mass is 79.9. The van der Waals surface area contributed by atoms with E-state index in [4.69, 9.17) is 0 Å². The van der Waals surface area contributed by atoms with Gasteiger partial charge in [0.25, 0.3) is 11.8 Å². The zero-order valence-electron chi connectivity index (χ0n) is 22.5. The quantitative estimate of drug-likeness (QED) is 0.261. The van der Waals surface area contributed by atoms with E-state index < -0.39 is 11.6 Å². The maximum Gasteiger partial charge on any atom is 0.269 e. The predicted molar refractivity (Wildman–Crippen MR) is 153 cm³/mol. The van der Waals surface area contributed by atoms with Gasteiger partial charge in [0.2, 0.25) is 0 Å². The molecule has 2 aromatic heterocycles. The number of hydrogen-bond acceptors (Lipinski definition) is 5. The number of carbonyl (C=O) groups is 2. The lowest BCUT2D eigenvalue weighted by atomic mass is 9.88. The average Bonchev–Trinajstić information content (AvgIpc) is 3.45. The fraction of sp³-hybridized carbons (Fsp3) is 0.300. The van der Waals surface area contributed by atoms with Crippen molar-refractivity contribution in [3.05, 3.63) is 99.4 Å². The van der Waals surface area contributed by atoms with Crippen LogP contribution >= 0.6 is 15.9 Å². The second kappa shape index (κ2) is 12.7. The molecule has 8 nitrogen and oxygen atoms in total. The third kappa shape index (κ3) is 7.02. The van der Waals surface area contributed by atoms with Crippen molar-refractivity contribution >= 4 is 27.7 Å². The topological polar surface area (TPSA) is 93.0 Å². The third-order valence-corrected chi connectivity index (χ3v) is 8.11. The van der Waals surface area contributed by atoms with Crippen LogP contribution in [0.1, 0.15) is 57.2 Å². The van der Waals surface area contributed by atoms with Gasteiger partial charge in [-0.2, -0.15) is 0 Å². The molecule has 5 rings (SSSR count). The average molecular weight is 624 g/mol. The molecule has 0 saturated carbocycles. The molecule has 3 heterocycles. The molecule has 1 fully saturated rings. The van der Waals surface area contributed by atoms with Gasteiger partial charge in [-0.05, 0) is 73.6 Å². The lowest BCUT2D eigenvalue weighted by molar-refractivity contribution is 0.0713. The minimum Gasteiger partial charge on any atom is -0.351 e. The summed E-state index contributed by atoms with van der Waals surface area (Å²) in [5, 5.41) is 10.8. The molecule has 4 aromatic rings. The first-order valence-corrected chi connectivity index (χ1v) is 14.2. The van der Waals surface area contributed by atoms with Crippen molar-refractivity contribution in [2.45, 2.75) is 38.6 Å². The number of halogens is 3. The molecular formula is C30H29BrF2N6O2. The number of likely N-dealkylation sites (tertiary alicyclic amines) is 1. The number of aromatic nitrogens is 4. The zero-order valence-corrected chi connectivity index (χ0v) is 24.1. The zero-order chi connectivity index (χ0) is 28.9. The Morgan fingerprint density at radius 2 is 1.80 bits per heavy atom. The number of rotatable bonds is 8. The molecule has 41 heavy (non-hydrogen) atoms. The van der Waals surface area contributed by atoms with E-state index in [0.717, 1.165) is 23.4 Å². The summed E-state index contributed by atoms with van der Waals surface area (Å²) in [6, 6.07) is 12.8. The van der Waals surface area contributed by atoms with Crippen LogP contribution < -0.4 is 5.32 Å². The largest absolute Gasteiger partial charge is 0.351 e. The van der Waals surface area contributed by atoms with Crippen LogP contribution in [0.3, 0.4) is 0 Å². The predicted octanol–water partition coefficient (Wildman–Crippen LogP) is 5.53. The second-order valence-corrected chi connectivity index (χ2v) is 11.0. The van der Waals surface area contributed by atoms with Crippen molar-refractivity contribution in [1.29, 1.82) is 0 Å². The van der Waals surface area contributed by atoms with Crippen molar-refractivity contribution < 1.29 is 18.4 Å². The number of pyridine rings is 1. The maximum atomic E-state index is 13.5.